The Kier molecular flexibility index (Phi) is 6.16. The molecule has 0 aromatic heterocycles. The summed E-state index contributed by atoms with van der Waals surface area (Å²) in [4.78, 5) is 12.4. The van der Waals surface area contributed by atoms with Crippen LogP contribution >= 0.6 is 0 Å². The zero-order valence-corrected chi connectivity index (χ0v) is 11.4. The first kappa shape index (κ1) is 14.7. The molecular formula is C14H28O. The third-order valence-corrected chi connectivity index (χ3v) is 3.51. The standard InChI is InChI=1S/C14H28O/c1-7-9-14(10-8-2,12(5)6)13(15)11(3)4/h11-12H,7-10H2,1-6H3. The number of Topliss-reactive ketones (excluding diaryl/α,β-unsaturated/α-hetero) is 1. The van der Waals surface area contributed by atoms with Crippen molar-refractivity contribution in [2.24, 2.45) is 17.3 Å². The van der Waals surface area contributed by atoms with Crippen molar-refractivity contribution < 1.29 is 4.79 Å². The molecule has 0 aromatic carbocycles. The Morgan fingerprint density at radius 2 is 1.40 bits per heavy atom. The van der Waals surface area contributed by atoms with Crippen molar-refractivity contribution in [2.75, 3.05) is 0 Å². The van der Waals surface area contributed by atoms with Gasteiger partial charge in [0.05, 0.1) is 0 Å². The smallest absolute Gasteiger partial charge is 0.141 e. The normalized spacial score (nSPS) is 12.5. The number of hydrogen-bond donors (Lipinski definition) is 0. The van der Waals surface area contributed by atoms with E-state index < -0.39 is 0 Å². The van der Waals surface area contributed by atoms with Crippen molar-refractivity contribution in [2.45, 2.75) is 67.2 Å². The number of hydrogen-bond acceptors (Lipinski definition) is 1. The maximum Gasteiger partial charge on any atom is 0.141 e. The molecule has 1 heteroatoms. The highest BCUT2D eigenvalue weighted by atomic mass is 16.1. The molecular weight excluding hydrogens is 184 g/mol. The Morgan fingerprint density at radius 3 is 1.60 bits per heavy atom. The fourth-order valence-corrected chi connectivity index (χ4v) is 2.70. The summed E-state index contributed by atoms with van der Waals surface area (Å²) in [6, 6.07) is 0. The van der Waals surface area contributed by atoms with Crippen LogP contribution in [-0.4, -0.2) is 5.78 Å². The van der Waals surface area contributed by atoms with Crippen LogP contribution in [0, 0.1) is 17.3 Å². The molecule has 0 bridgehead atoms. The minimum atomic E-state index is -0.0579. The lowest BCUT2D eigenvalue weighted by molar-refractivity contribution is -0.135. The van der Waals surface area contributed by atoms with Gasteiger partial charge in [-0.25, -0.2) is 0 Å². The molecule has 0 aliphatic carbocycles. The third-order valence-electron chi connectivity index (χ3n) is 3.51. The van der Waals surface area contributed by atoms with E-state index in [2.05, 4.69) is 27.7 Å². The van der Waals surface area contributed by atoms with E-state index in [1.807, 2.05) is 13.8 Å². The highest BCUT2D eigenvalue weighted by molar-refractivity contribution is 5.86. The minimum Gasteiger partial charge on any atom is -0.299 e. The number of carbonyl (C=O) groups excluding carboxylic acids is 1. The van der Waals surface area contributed by atoms with Gasteiger partial charge in [0.25, 0.3) is 0 Å². The summed E-state index contributed by atoms with van der Waals surface area (Å²) in [5, 5.41) is 0. The Balaban J connectivity index is 5.01. The SMILES string of the molecule is CCCC(CCC)(C(=O)C(C)C)C(C)C. The van der Waals surface area contributed by atoms with Gasteiger partial charge >= 0.3 is 0 Å². The van der Waals surface area contributed by atoms with Crippen molar-refractivity contribution in [1.82, 2.24) is 0 Å². The molecule has 0 atom stereocenters. The van der Waals surface area contributed by atoms with Crippen LogP contribution in [0.5, 0.6) is 0 Å². The summed E-state index contributed by atoms with van der Waals surface area (Å²) < 4.78 is 0. The van der Waals surface area contributed by atoms with E-state index in [-0.39, 0.29) is 11.3 Å². The number of carbonyl (C=O) groups is 1. The van der Waals surface area contributed by atoms with Gasteiger partial charge in [0, 0.05) is 11.3 Å². The summed E-state index contributed by atoms with van der Waals surface area (Å²) in [5.74, 6) is 1.11. The van der Waals surface area contributed by atoms with Crippen molar-refractivity contribution in [1.29, 1.82) is 0 Å². The second-order valence-corrected chi connectivity index (χ2v) is 5.33. The quantitative estimate of drug-likeness (QED) is 0.609. The summed E-state index contributed by atoms with van der Waals surface area (Å²) >= 11 is 0. The van der Waals surface area contributed by atoms with Crippen LogP contribution in [0.4, 0.5) is 0 Å². The molecule has 15 heavy (non-hydrogen) atoms. The van der Waals surface area contributed by atoms with Crippen LogP contribution in [-0.2, 0) is 4.79 Å². The summed E-state index contributed by atoms with van der Waals surface area (Å²) in [6.45, 7) is 12.8. The van der Waals surface area contributed by atoms with Gasteiger partial charge in [-0.3, -0.25) is 4.79 Å². The molecule has 0 heterocycles. The van der Waals surface area contributed by atoms with Crippen LogP contribution in [0.2, 0.25) is 0 Å². The molecule has 0 saturated heterocycles. The van der Waals surface area contributed by atoms with Gasteiger partial charge in [-0.2, -0.15) is 0 Å². The van der Waals surface area contributed by atoms with E-state index in [0.717, 1.165) is 25.7 Å². The van der Waals surface area contributed by atoms with Gasteiger partial charge in [0.2, 0.25) is 0 Å². The second-order valence-electron chi connectivity index (χ2n) is 5.33. The maximum absolute atomic E-state index is 12.4. The predicted octanol–water partition coefficient (Wildman–Crippen LogP) is 4.45. The first-order chi connectivity index (χ1) is 6.92. The zero-order valence-electron chi connectivity index (χ0n) is 11.4. The average Bonchev–Trinajstić information content (AvgIpc) is 2.15. The molecule has 90 valence electrons. The summed E-state index contributed by atoms with van der Waals surface area (Å²) in [5.41, 5.74) is -0.0579. The van der Waals surface area contributed by atoms with Crippen molar-refractivity contribution >= 4 is 5.78 Å². The molecule has 0 fully saturated rings. The monoisotopic (exact) mass is 212 g/mol. The van der Waals surface area contributed by atoms with E-state index in [1.165, 1.54) is 0 Å². The van der Waals surface area contributed by atoms with Gasteiger partial charge in [-0.1, -0.05) is 54.4 Å². The van der Waals surface area contributed by atoms with Crippen LogP contribution in [0.25, 0.3) is 0 Å². The van der Waals surface area contributed by atoms with E-state index in [4.69, 9.17) is 0 Å². The highest BCUT2D eigenvalue weighted by Crippen LogP contribution is 2.40. The zero-order chi connectivity index (χ0) is 12.1. The van der Waals surface area contributed by atoms with Crippen LogP contribution in [0.1, 0.15) is 67.2 Å². The fraction of sp³-hybridized carbons (Fsp3) is 0.929. The molecule has 0 amide bonds. The number of rotatable bonds is 7. The average molecular weight is 212 g/mol. The lowest BCUT2D eigenvalue weighted by Gasteiger charge is -2.37. The lowest BCUT2D eigenvalue weighted by Crippen LogP contribution is -2.39. The van der Waals surface area contributed by atoms with Gasteiger partial charge in [-0.15, -0.1) is 0 Å². The summed E-state index contributed by atoms with van der Waals surface area (Å²) in [6.07, 6.45) is 4.32. The minimum absolute atomic E-state index is 0.0579. The van der Waals surface area contributed by atoms with Crippen LogP contribution < -0.4 is 0 Å². The fourth-order valence-electron chi connectivity index (χ4n) is 2.70. The predicted molar refractivity (Wildman–Crippen MR) is 66.9 cm³/mol. The topological polar surface area (TPSA) is 17.1 Å². The maximum atomic E-state index is 12.4. The van der Waals surface area contributed by atoms with Crippen LogP contribution in [0.3, 0.4) is 0 Å². The van der Waals surface area contributed by atoms with Crippen molar-refractivity contribution in [3.8, 4) is 0 Å². The molecule has 0 unspecified atom stereocenters. The van der Waals surface area contributed by atoms with Crippen molar-refractivity contribution in [3.63, 3.8) is 0 Å². The molecule has 0 aliphatic heterocycles. The molecule has 0 radical (unpaired) electrons. The Hall–Kier alpha value is -0.330. The molecule has 0 aromatic rings. The Labute approximate surface area is 95.6 Å². The van der Waals surface area contributed by atoms with Gasteiger partial charge in [0.1, 0.15) is 5.78 Å². The van der Waals surface area contributed by atoms with Crippen molar-refractivity contribution in [3.05, 3.63) is 0 Å². The Bertz CT molecular complexity index is 186. The molecule has 0 spiro atoms. The van der Waals surface area contributed by atoms with E-state index in [9.17, 15) is 4.79 Å². The van der Waals surface area contributed by atoms with Gasteiger partial charge in [0.15, 0.2) is 0 Å². The first-order valence-corrected chi connectivity index (χ1v) is 6.46. The third kappa shape index (κ3) is 3.32. The van der Waals surface area contributed by atoms with E-state index in [0.29, 0.717) is 11.7 Å². The molecule has 0 rings (SSSR count). The first-order valence-electron chi connectivity index (χ1n) is 6.46. The van der Waals surface area contributed by atoms with Crippen LogP contribution in [0.15, 0.2) is 0 Å². The molecule has 0 saturated carbocycles. The lowest BCUT2D eigenvalue weighted by atomic mass is 9.65. The second kappa shape index (κ2) is 6.30. The molecule has 0 aliphatic rings. The summed E-state index contributed by atoms with van der Waals surface area (Å²) in [7, 11) is 0. The Morgan fingerprint density at radius 1 is 1.00 bits per heavy atom. The molecule has 0 N–H and O–H groups in total. The van der Waals surface area contributed by atoms with E-state index >= 15 is 0 Å². The largest absolute Gasteiger partial charge is 0.299 e. The van der Waals surface area contributed by atoms with Gasteiger partial charge < -0.3 is 0 Å². The highest BCUT2D eigenvalue weighted by Gasteiger charge is 2.40. The molecule has 1 nitrogen and oxygen atoms in total. The van der Waals surface area contributed by atoms with Gasteiger partial charge in [-0.05, 0) is 18.8 Å². The number of ketones is 1. The van der Waals surface area contributed by atoms with E-state index in [1.54, 1.807) is 0 Å².